The maximum atomic E-state index is 13.2. The van der Waals surface area contributed by atoms with Gasteiger partial charge in [0.2, 0.25) is 0 Å². The second-order valence-electron chi connectivity index (χ2n) is 4.42. The van der Waals surface area contributed by atoms with Crippen LogP contribution in [0.5, 0.6) is 0 Å². The molecule has 0 fully saturated rings. The van der Waals surface area contributed by atoms with Crippen LogP contribution in [0.1, 0.15) is 10.5 Å². The largest absolute Gasteiger partial charge is 0.477 e. The predicted molar refractivity (Wildman–Crippen MR) is 70.6 cm³/mol. The van der Waals surface area contributed by atoms with Crippen LogP contribution in [0.3, 0.4) is 0 Å². The number of carboxylic acid groups (broad SMARTS) is 1. The molecule has 0 aliphatic heterocycles. The fraction of sp³-hybridized carbons (Fsp3) is 0. The molecule has 0 bridgehead atoms. The summed E-state index contributed by atoms with van der Waals surface area (Å²) in [5, 5.41) is 9.62. The second-order valence-corrected chi connectivity index (χ2v) is 4.42. The van der Waals surface area contributed by atoms with E-state index in [1.54, 1.807) is 18.2 Å². The summed E-state index contributed by atoms with van der Waals surface area (Å²) in [5.41, 5.74) is 1.98. The first-order valence-corrected chi connectivity index (χ1v) is 5.86. The number of carbonyl (C=O) groups is 1. The van der Waals surface area contributed by atoms with Crippen molar-refractivity contribution in [1.29, 1.82) is 0 Å². The lowest BCUT2D eigenvalue weighted by Gasteiger charge is -2.02. The highest BCUT2D eigenvalue weighted by molar-refractivity contribution is 5.95. The summed E-state index contributed by atoms with van der Waals surface area (Å²) >= 11 is 0. The number of carboxylic acids is 1. The number of rotatable bonds is 2. The molecular formula is C15H9F2NO2. The summed E-state index contributed by atoms with van der Waals surface area (Å²) in [7, 11) is 0. The Hall–Kier alpha value is -2.69. The van der Waals surface area contributed by atoms with E-state index in [2.05, 4.69) is 4.98 Å². The molecule has 1 heterocycles. The van der Waals surface area contributed by atoms with Crippen LogP contribution in [0, 0.1) is 11.6 Å². The molecule has 2 N–H and O–H groups in total. The average molecular weight is 273 g/mol. The minimum atomic E-state index is -1.05. The molecule has 20 heavy (non-hydrogen) atoms. The lowest BCUT2D eigenvalue weighted by molar-refractivity contribution is 0.0691. The Morgan fingerprint density at radius 3 is 2.35 bits per heavy atom. The molecule has 0 amide bonds. The molecule has 3 aromatic rings. The Kier molecular flexibility index (Phi) is 2.75. The number of fused-ring (bicyclic) bond motifs is 1. The number of halogens is 2. The molecule has 0 radical (unpaired) electrons. The van der Waals surface area contributed by atoms with Crippen molar-refractivity contribution in [2.24, 2.45) is 0 Å². The molecule has 0 aliphatic carbocycles. The van der Waals surface area contributed by atoms with Crippen LogP contribution in [0.4, 0.5) is 8.78 Å². The minimum absolute atomic E-state index is 0.0856. The summed E-state index contributed by atoms with van der Waals surface area (Å²) in [5.74, 6) is -2.86. The van der Waals surface area contributed by atoms with Crippen molar-refractivity contribution in [1.82, 2.24) is 4.98 Å². The monoisotopic (exact) mass is 273 g/mol. The number of aromatic amines is 1. The van der Waals surface area contributed by atoms with E-state index in [1.165, 1.54) is 12.1 Å². The van der Waals surface area contributed by atoms with Crippen LogP contribution in [0.15, 0.2) is 42.5 Å². The van der Waals surface area contributed by atoms with Crippen LogP contribution < -0.4 is 0 Å². The standard InChI is InChI=1S/C15H9F2NO2/c16-11-3-1-9(6-12(11)17)8-2-4-13-10(5-8)7-14(18-13)15(19)20/h1-7,18H,(H,19,20). The van der Waals surface area contributed by atoms with Crippen molar-refractivity contribution < 1.29 is 18.7 Å². The van der Waals surface area contributed by atoms with Crippen LogP contribution in [-0.4, -0.2) is 16.1 Å². The normalized spacial score (nSPS) is 10.9. The summed E-state index contributed by atoms with van der Waals surface area (Å²) in [6.07, 6.45) is 0. The van der Waals surface area contributed by atoms with E-state index >= 15 is 0 Å². The van der Waals surface area contributed by atoms with Gasteiger partial charge in [-0.3, -0.25) is 0 Å². The summed E-state index contributed by atoms with van der Waals surface area (Å²) in [6, 6.07) is 10.3. The van der Waals surface area contributed by atoms with Crippen molar-refractivity contribution in [2.45, 2.75) is 0 Å². The fourth-order valence-corrected chi connectivity index (χ4v) is 2.10. The number of aromatic carboxylic acids is 1. The van der Waals surface area contributed by atoms with Crippen molar-refractivity contribution in [3.63, 3.8) is 0 Å². The van der Waals surface area contributed by atoms with Crippen LogP contribution >= 0.6 is 0 Å². The van der Waals surface area contributed by atoms with Gasteiger partial charge in [-0.2, -0.15) is 0 Å². The number of hydrogen-bond donors (Lipinski definition) is 2. The Morgan fingerprint density at radius 2 is 1.65 bits per heavy atom. The molecule has 5 heteroatoms. The lowest BCUT2D eigenvalue weighted by Crippen LogP contribution is -1.94. The first kappa shape index (κ1) is 12.3. The average Bonchev–Trinajstić information content (AvgIpc) is 2.85. The van der Waals surface area contributed by atoms with Crippen molar-refractivity contribution >= 4 is 16.9 Å². The first-order valence-electron chi connectivity index (χ1n) is 5.86. The van der Waals surface area contributed by atoms with Crippen LogP contribution in [-0.2, 0) is 0 Å². The first-order chi connectivity index (χ1) is 9.54. The Morgan fingerprint density at radius 1 is 0.950 bits per heavy atom. The van der Waals surface area contributed by atoms with E-state index in [9.17, 15) is 13.6 Å². The summed E-state index contributed by atoms with van der Waals surface area (Å²) in [4.78, 5) is 13.6. The Bertz CT molecular complexity index is 824. The van der Waals surface area contributed by atoms with Gasteiger partial charge in [-0.15, -0.1) is 0 Å². The predicted octanol–water partition coefficient (Wildman–Crippen LogP) is 3.81. The van der Waals surface area contributed by atoms with Crippen molar-refractivity contribution in [2.75, 3.05) is 0 Å². The molecule has 0 saturated heterocycles. The third-order valence-electron chi connectivity index (χ3n) is 3.10. The summed E-state index contributed by atoms with van der Waals surface area (Å²) < 4.78 is 26.1. The molecule has 0 saturated carbocycles. The van der Waals surface area contributed by atoms with Crippen molar-refractivity contribution in [3.05, 3.63) is 59.8 Å². The smallest absolute Gasteiger partial charge is 0.352 e. The molecule has 3 rings (SSSR count). The van der Waals surface area contributed by atoms with Gasteiger partial charge < -0.3 is 10.1 Å². The Labute approximate surface area is 112 Å². The van der Waals surface area contributed by atoms with Gasteiger partial charge in [0, 0.05) is 10.9 Å². The highest BCUT2D eigenvalue weighted by Gasteiger charge is 2.09. The third-order valence-corrected chi connectivity index (χ3v) is 3.10. The van der Waals surface area contributed by atoms with Crippen LogP contribution in [0.25, 0.3) is 22.0 Å². The van der Waals surface area contributed by atoms with Gasteiger partial charge in [-0.25, -0.2) is 13.6 Å². The second kappa shape index (κ2) is 4.45. The number of H-pyrrole nitrogens is 1. The van der Waals surface area contributed by atoms with E-state index in [1.807, 2.05) is 0 Å². The number of nitrogens with one attached hydrogen (secondary N) is 1. The molecule has 2 aromatic carbocycles. The SMILES string of the molecule is O=C(O)c1cc2cc(-c3ccc(F)c(F)c3)ccc2[nH]1. The highest BCUT2D eigenvalue weighted by atomic mass is 19.2. The van der Waals surface area contributed by atoms with E-state index in [0.717, 1.165) is 12.1 Å². The van der Waals surface area contributed by atoms with Gasteiger partial charge in [0.25, 0.3) is 0 Å². The maximum absolute atomic E-state index is 13.2. The van der Waals surface area contributed by atoms with E-state index in [-0.39, 0.29) is 5.69 Å². The quantitative estimate of drug-likeness (QED) is 0.746. The van der Waals surface area contributed by atoms with E-state index < -0.39 is 17.6 Å². The molecule has 0 unspecified atom stereocenters. The molecule has 1 aromatic heterocycles. The van der Waals surface area contributed by atoms with Gasteiger partial charge in [0.15, 0.2) is 11.6 Å². The van der Waals surface area contributed by atoms with Crippen molar-refractivity contribution in [3.8, 4) is 11.1 Å². The van der Waals surface area contributed by atoms with Gasteiger partial charge in [-0.1, -0.05) is 12.1 Å². The zero-order chi connectivity index (χ0) is 14.3. The van der Waals surface area contributed by atoms with E-state index in [4.69, 9.17) is 5.11 Å². The summed E-state index contributed by atoms with van der Waals surface area (Å²) in [6.45, 7) is 0. The zero-order valence-corrected chi connectivity index (χ0v) is 10.2. The van der Waals surface area contributed by atoms with Gasteiger partial charge in [0.05, 0.1) is 0 Å². The number of benzene rings is 2. The molecule has 0 atom stereocenters. The maximum Gasteiger partial charge on any atom is 0.352 e. The Balaban J connectivity index is 2.12. The molecule has 100 valence electrons. The van der Waals surface area contributed by atoms with E-state index in [0.29, 0.717) is 22.0 Å². The van der Waals surface area contributed by atoms with Crippen LogP contribution in [0.2, 0.25) is 0 Å². The molecule has 0 aliphatic rings. The van der Waals surface area contributed by atoms with Gasteiger partial charge in [0.1, 0.15) is 5.69 Å². The molecule has 0 spiro atoms. The minimum Gasteiger partial charge on any atom is -0.477 e. The fourth-order valence-electron chi connectivity index (χ4n) is 2.10. The van der Waals surface area contributed by atoms with Gasteiger partial charge in [-0.05, 0) is 41.5 Å². The topological polar surface area (TPSA) is 53.1 Å². The third kappa shape index (κ3) is 2.03. The number of aromatic nitrogens is 1. The number of hydrogen-bond acceptors (Lipinski definition) is 1. The van der Waals surface area contributed by atoms with Gasteiger partial charge >= 0.3 is 5.97 Å². The highest BCUT2D eigenvalue weighted by Crippen LogP contribution is 2.26. The lowest BCUT2D eigenvalue weighted by atomic mass is 10.0. The molecule has 3 nitrogen and oxygen atoms in total. The zero-order valence-electron chi connectivity index (χ0n) is 10.2. The molecular weight excluding hydrogens is 264 g/mol.